The smallest absolute Gasteiger partial charge is 0.254 e. The molecule has 5 nitrogen and oxygen atoms in total. The maximum Gasteiger partial charge on any atom is 0.254 e. The lowest BCUT2D eigenvalue weighted by Crippen LogP contribution is -2.51. The van der Waals surface area contributed by atoms with Crippen molar-refractivity contribution in [1.29, 1.82) is 0 Å². The molecule has 1 unspecified atom stereocenters. The molecule has 2 aliphatic heterocycles. The fourth-order valence-corrected chi connectivity index (χ4v) is 3.97. The number of benzene rings is 1. The second-order valence-corrected chi connectivity index (χ2v) is 7.35. The first kappa shape index (κ1) is 20.3. The second-order valence-electron chi connectivity index (χ2n) is 6.48. The lowest BCUT2D eigenvalue weighted by molar-refractivity contribution is -0.136. The molecule has 8 heteroatoms. The molecular weight excluding hydrogens is 385 g/mol. The Hall–Kier alpha value is -1.01. The van der Waals surface area contributed by atoms with Crippen LogP contribution in [0.1, 0.15) is 36.0 Å². The Morgan fingerprint density at radius 2 is 1.60 bits per heavy atom. The van der Waals surface area contributed by atoms with Gasteiger partial charge in [0.1, 0.15) is 6.04 Å². The zero-order chi connectivity index (χ0) is 17.3. The number of halogens is 3. The molecule has 0 radical (unpaired) electrons. The van der Waals surface area contributed by atoms with Gasteiger partial charge in [0.2, 0.25) is 5.91 Å². The molecule has 2 fully saturated rings. The molecule has 0 bridgehead atoms. The molecule has 0 saturated carbocycles. The van der Waals surface area contributed by atoms with E-state index in [1.165, 1.54) is 0 Å². The van der Waals surface area contributed by atoms with E-state index < -0.39 is 6.04 Å². The van der Waals surface area contributed by atoms with Crippen LogP contribution in [0.2, 0.25) is 10.0 Å². The average Bonchev–Trinajstić information content (AvgIpc) is 3.02. The number of hydrogen-bond acceptors (Lipinski definition) is 3. The van der Waals surface area contributed by atoms with Crippen molar-refractivity contribution in [3.63, 3.8) is 0 Å². The highest BCUT2D eigenvalue weighted by molar-refractivity contribution is 6.35. The third-order valence-electron chi connectivity index (χ3n) is 4.76. The molecule has 0 aromatic heterocycles. The number of hydrogen-bond donors (Lipinski definition) is 1. The summed E-state index contributed by atoms with van der Waals surface area (Å²) < 4.78 is 0. The fraction of sp³-hybridized carbons (Fsp3) is 0.529. The summed E-state index contributed by atoms with van der Waals surface area (Å²) in [6, 6.07) is 4.54. The summed E-state index contributed by atoms with van der Waals surface area (Å²) in [5.41, 5.74) is 6.33. The van der Waals surface area contributed by atoms with Crippen molar-refractivity contribution in [3.8, 4) is 0 Å². The van der Waals surface area contributed by atoms with Gasteiger partial charge >= 0.3 is 0 Å². The van der Waals surface area contributed by atoms with Crippen molar-refractivity contribution in [2.45, 2.75) is 37.8 Å². The van der Waals surface area contributed by atoms with Crippen LogP contribution in [0, 0.1) is 0 Å². The normalized spacial score (nSPS) is 21.2. The van der Waals surface area contributed by atoms with Gasteiger partial charge in [-0.2, -0.15) is 0 Å². The average molecular weight is 407 g/mol. The molecule has 2 heterocycles. The highest BCUT2D eigenvalue weighted by Crippen LogP contribution is 2.26. The van der Waals surface area contributed by atoms with Crippen molar-refractivity contribution in [2.24, 2.45) is 5.73 Å². The van der Waals surface area contributed by atoms with Gasteiger partial charge in [0.05, 0.1) is 0 Å². The van der Waals surface area contributed by atoms with Crippen LogP contribution in [-0.2, 0) is 4.79 Å². The number of nitrogens with two attached hydrogens (primary N) is 1. The van der Waals surface area contributed by atoms with E-state index in [1.54, 1.807) is 23.1 Å². The number of rotatable bonds is 2. The molecule has 3 rings (SSSR count). The van der Waals surface area contributed by atoms with Crippen LogP contribution >= 0.6 is 35.6 Å². The summed E-state index contributed by atoms with van der Waals surface area (Å²) in [7, 11) is 0. The second kappa shape index (κ2) is 8.58. The van der Waals surface area contributed by atoms with Crippen molar-refractivity contribution < 1.29 is 9.59 Å². The number of piperidine rings is 1. The minimum absolute atomic E-state index is 0. The summed E-state index contributed by atoms with van der Waals surface area (Å²) in [5, 5.41) is 0.830. The molecule has 0 aliphatic carbocycles. The highest BCUT2D eigenvalue weighted by Gasteiger charge is 2.37. The third-order valence-corrected chi connectivity index (χ3v) is 5.20. The van der Waals surface area contributed by atoms with E-state index in [-0.39, 0.29) is 30.3 Å². The maximum atomic E-state index is 12.8. The van der Waals surface area contributed by atoms with Gasteiger partial charge in [-0.15, -0.1) is 12.4 Å². The lowest BCUT2D eigenvalue weighted by Gasteiger charge is -2.34. The standard InChI is InChI=1S/C17H21Cl2N3O2.ClH/c18-12-8-11(9-13(19)10-12)16(23)22-5-1-2-15(22)17(24)21-6-3-14(20)4-7-21;/h8-10,14-15H,1-7,20H2;1H. The first-order chi connectivity index (χ1) is 11.5. The van der Waals surface area contributed by atoms with E-state index in [4.69, 9.17) is 28.9 Å². The highest BCUT2D eigenvalue weighted by atomic mass is 35.5. The first-order valence-corrected chi connectivity index (χ1v) is 9.03. The fourth-order valence-electron chi connectivity index (χ4n) is 3.44. The van der Waals surface area contributed by atoms with Gasteiger partial charge in [0, 0.05) is 41.3 Å². The van der Waals surface area contributed by atoms with E-state index in [0.29, 0.717) is 41.7 Å². The van der Waals surface area contributed by atoms with Gasteiger partial charge in [-0.1, -0.05) is 23.2 Å². The van der Waals surface area contributed by atoms with E-state index in [0.717, 1.165) is 19.3 Å². The monoisotopic (exact) mass is 405 g/mol. The van der Waals surface area contributed by atoms with Crippen LogP contribution < -0.4 is 5.73 Å². The minimum Gasteiger partial charge on any atom is -0.341 e. The van der Waals surface area contributed by atoms with Crippen LogP contribution in [0.3, 0.4) is 0 Å². The van der Waals surface area contributed by atoms with E-state index in [2.05, 4.69) is 0 Å². The number of carbonyl (C=O) groups excluding carboxylic acids is 2. The van der Waals surface area contributed by atoms with Gasteiger partial charge in [0.25, 0.3) is 5.91 Å². The summed E-state index contributed by atoms with van der Waals surface area (Å²) in [6.45, 7) is 1.91. The Balaban J connectivity index is 0.00000225. The van der Waals surface area contributed by atoms with Crippen LogP contribution in [0.4, 0.5) is 0 Å². The molecular formula is C17H22Cl3N3O2. The van der Waals surface area contributed by atoms with Gasteiger partial charge in [-0.3, -0.25) is 9.59 Å². The molecule has 0 spiro atoms. The molecule has 2 saturated heterocycles. The summed E-state index contributed by atoms with van der Waals surface area (Å²) >= 11 is 12.0. The van der Waals surface area contributed by atoms with Crippen LogP contribution in [0.25, 0.3) is 0 Å². The molecule has 2 amide bonds. The molecule has 2 N–H and O–H groups in total. The summed E-state index contributed by atoms with van der Waals surface area (Å²) in [6.07, 6.45) is 3.15. The SMILES string of the molecule is Cl.NC1CCN(C(=O)C2CCCN2C(=O)c2cc(Cl)cc(Cl)c2)CC1. The zero-order valence-electron chi connectivity index (χ0n) is 13.8. The topological polar surface area (TPSA) is 66.6 Å². The molecule has 25 heavy (non-hydrogen) atoms. The predicted molar refractivity (Wildman–Crippen MR) is 102 cm³/mol. The van der Waals surface area contributed by atoms with Gasteiger partial charge in [-0.05, 0) is 43.9 Å². The molecule has 2 aliphatic rings. The quantitative estimate of drug-likeness (QED) is 0.821. The number of nitrogens with zero attached hydrogens (tertiary/aromatic N) is 2. The van der Waals surface area contributed by atoms with Gasteiger partial charge in [-0.25, -0.2) is 0 Å². The maximum absolute atomic E-state index is 12.8. The number of likely N-dealkylation sites (tertiary alicyclic amines) is 2. The van der Waals surface area contributed by atoms with Crippen molar-refractivity contribution in [2.75, 3.05) is 19.6 Å². The Morgan fingerprint density at radius 3 is 2.20 bits per heavy atom. The van der Waals surface area contributed by atoms with Crippen molar-refractivity contribution in [1.82, 2.24) is 9.80 Å². The Kier molecular flexibility index (Phi) is 6.97. The van der Waals surface area contributed by atoms with Gasteiger partial charge in [0.15, 0.2) is 0 Å². The van der Waals surface area contributed by atoms with Crippen LogP contribution in [0.5, 0.6) is 0 Å². The largest absolute Gasteiger partial charge is 0.341 e. The molecule has 138 valence electrons. The molecule has 1 aromatic rings. The molecule has 1 aromatic carbocycles. The van der Waals surface area contributed by atoms with E-state index >= 15 is 0 Å². The Morgan fingerprint density at radius 1 is 1.00 bits per heavy atom. The number of carbonyl (C=O) groups is 2. The first-order valence-electron chi connectivity index (χ1n) is 8.27. The lowest BCUT2D eigenvalue weighted by atomic mass is 10.0. The minimum atomic E-state index is -0.399. The molecule has 1 atom stereocenters. The summed E-state index contributed by atoms with van der Waals surface area (Å²) in [5.74, 6) is -0.162. The Labute approximate surface area is 163 Å². The van der Waals surface area contributed by atoms with E-state index in [9.17, 15) is 9.59 Å². The Bertz CT molecular complexity index is 628. The third kappa shape index (κ3) is 4.59. The van der Waals surface area contributed by atoms with Crippen LogP contribution in [-0.4, -0.2) is 53.3 Å². The predicted octanol–water partition coefficient (Wildman–Crippen LogP) is 2.97. The summed E-state index contributed by atoms with van der Waals surface area (Å²) in [4.78, 5) is 29.1. The van der Waals surface area contributed by atoms with Crippen molar-refractivity contribution >= 4 is 47.4 Å². The van der Waals surface area contributed by atoms with Gasteiger partial charge < -0.3 is 15.5 Å². The van der Waals surface area contributed by atoms with Crippen LogP contribution in [0.15, 0.2) is 18.2 Å². The zero-order valence-corrected chi connectivity index (χ0v) is 16.1. The van der Waals surface area contributed by atoms with E-state index in [1.807, 2.05) is 4.90 Å². The number of amides is 2. The van der Waals surface area contributed by atoms with Crippen molar-refractivity contribution in [3.05, 3.63) is 33.8 Å².